The number of rotatable bonds is 2. The molecule has 0 atom stereocenters. The van der Waals surface area contributed by atoms with E-state index in [1.54, 1.807) is 0 Å². The van der Waals surface area contributed by atoms with Crippen molar-refractivity contribution < 1.29 is 9.90 Å². The number of nitrogens with one attached hydrogen (secondary N) is 1. The fourth-order valence-corrected chi connectivity index (χ4v) is 2.95. The molecule has 0 saturated carbocycles. The Bertz CT molecular complexity index is 671. The standard InChI is InChI=1S/C15H18N2O2/c1-9-5-11-12-7-16-4-3-13(12)17(8-15(18)19)14(11)6-10(9)2/h5-6,16H,3-4,7-8H2,1-2H3,(H,18,19). The van der Waals surface area contributed by atoms with E-state index in [2.05, 4.69) is 31.3 Å². The number of fused-ring (bicyclic) bond motifs is 3. The van der Waals surface area contributed by atoms with E-state index in [1.807, 2.05) is 4.57 Å². The highest BCUT2D eigenvalue weighted by Gasteiger charge is 2.21. The molecule has 1 aromatic heterocycles. The Morgan fingerprint density at radius 2 is 2.11 bits per heavy atom. The molecule has 2 heterocycles. The van der Waals surface area contributed by atoms with Crippen LogP contribution in [0.2, 0.25) is 0 Å². The second-order valence-corrected chi connectivity index (χ2v) is 5.29. The molecule has 0 aliphatic carbocycles. The van der Waals surface area contributed by atoms with Gasteiger partial charge in [-0.3, -0.25) is 4.79 Å². The van der Waals surface area contributed by atoms with Crippen molar-refractivity contribution >= 4 is 16.9 Å². The molecule has 0 radical (unpaired) electrons. The van der Waals surface area contributed by atoms with Gasteiger partial charge in [0.15, 0.2) is 0 Å². The van der Waals surface area contributed by atoms with Crippen LogP contribution in [0.15, 0.2) is 12.1 Å². The lowest BCUT2D eigenvalue weighted by molar-refractivity contribution is -0.137. The molecule has 2 N–H and O–H groups in total. The topological polar surface area (TPSA) is 54.3 Å². The van der Waals surface area contributed by atoms with Crippen LogP contribution in [0.1, 0.15) is 22.4 Å². The van der Waals surface area contributed by atoms with Crippen molar-refractivity contribution in [2.45, 2.75) is 33.4 Å². The molecule has 2 aromatic rings. The van der Waals surface area contributed by atoms with Crippen LogP contribution in [-0.4, -0.2) is 22.2 Å². The van der Waals surface area contributed by atoms with Gasteiger partial charge in [0.25, 0.3) is 0 Å². The van der Waals surface area contributed by atoms with Crippen LogP contribution in [0.3, 0.4) is 0 Å². The van der Waals surface area contributed by atoms with Gasteiger partial charge in [0.2, 0.25) is 0 Å². The first-order valence-corrected chi connectivity index (χ1v) is 6.61. The molecule has 4 heteroatoms. The fourth-order valence-electron chi connectivity index (χ4n) is 2.95. The second kappa shape index (κ2) is 4.38. The molecule has 0 amide bonds. The van der Waals surface area contributed by atoms with E-state index >= 15 is 0 Å². The largest absolute Gasteiger partial charge is 0.480 e. The van der Waals surface area contributed by atoms with Crippen LogP contribution in [0.25, 0.3) is 10.9 Å². The lowest BCUT2D eigenvalue weighted by Gasteiger charge is -2.16. The van der Waals surface area contributed by atoms with Crippen LogP contribution >= 0.6 is 0 Å². The molecule has 0 bridgehead atoms. The van der Waals surface area contributed by atoms with Crippen molar-refractivity contribution in [2.24, 2.45) is 0 Å². The molecule has 4 nitrogen and oxygen atoms in total. The zero-order valence-electron chi connectivity index (χ0n) is 11.3. The summed E-state index contributed by atoms with van der Waals surface area (Å²) in [6.45, 7) is 5.98. The number of aryl methyl sites for hydroxylation is 2. The fraction of sp³-hybridized carbons (Fsp3) is 0.400. The second-order valence-electron chi connectivity index (χ2n) is 5.29. The predicted molar refractivity (Wildman–Crippen MR) is 74.5 cm³/mol. The molecule has 0 unspecified atom stereocenters. The molecule has 1 aliphatic heterocycles. The number of carboxylic acid groups (broad SMARTS) is 1. The highest BCUT2D eigenvalue weighted by molar-refractivity contribution is 5.88. The maximum Gasteiger partial charge on any atom is 0.323 e. The normalized spacial score (nSPS) is 14.6. The SMILES string of the molecule is Cc1cc2c3c(n(CC(=O)O)c2cc1C)CCNC3. The quantitative estimate of drug-likeness (QED) is 0.866. The maximum atomic E-state index is 11.1. The third-order valence-corrected chi connectivity index (χ3v) is 4.04. The summed E-state index contributed by atoms with van der Waals surface area (Å²) in [4.78, 5) is 11.1. The van der Waals surface area contributed by atoms with Gasteiger partial charge in [-0.2, -0.15) is 0 Å². The van der Waals surface area contributed by atoms with Gasteiger partial charge >= 0.3 is 5.97 Å². The van der Waals surface area contributed by atoms with Crippen molar-refractivity contribution in [1.82, 2.24) is 9.88 Å². The Morgan fingerprint density at radius 3 is 2.84 bits per heavy atom. The third-order valence-electron chi connectivity index (χ3n) is 4.04. The number of carboxylic acids is 1. The van der Waals surface area contributed by atoms with Crippen LogP contribution < -0.4 is 5.32 Å². The molecule has 0 spiro atoms. The van der Waals surface area contributed by atoms with Crippen molar-refractivity contribution in [3.8, 4) is 0 Å². The molecule has 3 rings (SSSR count). The minimum Gasteiger partial charge on any atom is -0.480 e. The smallest absolute Gasteiger partial charge is 0.323 e. The van der Waals surface area contributed by atoms with E-state index in [0.717, 1.165) is 25.0 Å². The summed E-state index contributed by atoms with van der Waals surface area (Å²) < 4.78 is 1.97. The van der Waals surface area contributed by atoms with E-state index in [0.29, 0.717) is 0 Å². The highest BCUT2D eigenvalue weighted by atomic mass is 16.4. The summed E-state index contributed by atoms with van der Waals surface area (Å²) in [5, 5.41) is 13.7. The minimum absolute atomic E-state index is 0.0499. The monoisotopic (exact) mass is 258 g/mol. The van der Waals surface area contributed by atoms with Crippen LogP contribution in [0.5, 0.6) is 0 Å². The van der Waals surface area contributed by atoms with Gasteiger partial charge < -0.3 is 15.0 Å². The molecule has 0 saturated heterocycles. The lowest BCUT2D eigenvalue weighted by Crippen LogP contribution is -2.25. The van der Waals surface area contributed by atoms with Gasteiger partial charge in [-0.25, -0.2) is 0 Å². The molecular weight excluding hydrogens is 240 g/mol. The predicted octanol–water partition coefficient (Wildman–Crippen LogP) is 1.99. The average molecular weight is 258 g/mol. The highest BCUT2D eigenvalue weighted by Crippen LogP contribution is 2.30. The Kier molecular flexibility index (Phi) is 2.82. The number of aliphatic carboxylic acids is 1. The summed E-state index contributed by atoms with van der Waals surface area (Å²) in [5.41, 5.74) is 5.97. The van der Waals surface area contributed by atoms with E-state index < -0.39 is 5.97 Å². The summed E-state index contributed by atoms with van der Waals surface area (Å²) in [7, 11) is 0. The van der Waals surface area contributed by atoms with E-state index in [4.69, 9.17) is 5.11 Å². The molecule has 19 heavy (non-hydrogen) atoms. The number of hydrogen-bond donors (Lipinski definition) is 2. The van der Waals surface area contributed by atoms with Crippen LogP contribution in [0.4, 0.5) is 0 Å². The third kappa shape index (κ3) is 1.92. The average Bonchev–Trinajstić information content (AvgIpc) is 2.65. The van der Waals surface area contributed by atoms with Gasteiger partial charge in [-0.1, -0.05) is 0 Å². The first kappa shape index (κ1) is 12.2. The van der Waals surface area contributed by atoms with E-state index in [9.17, 15) is 4.79 Å². The van der Waals surface area contributed by atoms with Crippen molar-refractivity contribution in [3.63, 3.8) is 0 Å². The summed E-state index contributed by atoms with van der Waals surface area (Å²) in [6.07, 6.45) is 0.898. The van der Waals surface area contributed by atoms with Crippen LogP contribution in [-0.2, 0) is 24.3 Å². The van der Waals surface area contributed by atoms with Gasteiger partial charge in [-0.05, 0) is 42.7 Å². The van der Waals surface area contributed by atoms with Crippen molar-refractivity contribution in [3.05, 3.63) is 34.5 Å². The zero-order chi connectivity index (χ0) is 13.6. The Hall–Kier alpha value is -1.81. The number of aromatic nitrogens is 1. The first-order chi connectivity index (χ1) is 9.08. The number of carbonyl (C=O) groups is 1. The molecule has 0 fully saturated rings. The molecular formula is C15H18N2O2. The minimum atomic E-state index is -0.781. The molecule has 1 aromatic carbocycles. The summed E-state index contributed by atoms with van der Waals surface area (Å²) >= 11 is 0. The zero-order valence-corrected chi connectivity index (χ0v) is 11.3. The van der Waals surface area contributed by atoms with E-state index in [1.165, 1.54) is 27.8 Å². The van der Waals surface area contributed by atoms with Crippen molar-refractivity contribution in [2.75, 3.05) is 6.54 Å². The Labute approximate surface area is 112 Å². The van der Waals surface area contributed by atoms with Gasteiger partial charge in [0.1, 0.15) is 6.54 Å². The molecule has 100 valence electrons. The molecule has 1 aliphatic rings. The number of benzene rings is 1. The Morgan fingerprint density at radius 1 is 1.37 bits per heavy atom. The van der Waals surface area contributed by atoms with Crippen LogP contribution in [0, 0.1) is 13.8 Å². The number of nitrogens with zero attached hydrogens (tertiary/aromatic N) is 1. The van der Waals surface area contributed by atoms with Gasteiger partial charge in [0.05, 0.1) is 0 Å². The van der Waals surface area contributed by atoms with E-state index in [-0.39, 0.29) is 6.54 Å². The van der Waals surface area contributed by atoms with Crippen molar-refractivity contribution in [1.29, 1.82) is 0 Å². The summed E-state index contributed by atoms with van der Waals surface area (Å²) in [6, 6.07) is 4.31. The number of hydrogen-bond acceptors (Lipinski definition) is 2. The summed E-state index contributed by atoms with van der Waals surface area (Å²) in [5.74, 6) is -0.781. The van der Waals surface area contributed by atoms with Gasteiger partial charge in [-0.15, -0.1) is 0 Å². The first-order valence-electron chi connectivity index (χ1n) is 6.61. The Balaban J connectivity index is 2.32. The lowest BCUT2D eigenvalue weighted by atomic mass is 10.0. The van der Waals surface area contributed by atoms with Gasteiger partial charge in [0, 0.05) is 36.1 Å². The maximum absolute atomic E-state index is 11.1.